The zero-order chi connectivity index (χ0) is 11.2. The highest BCUT2D eigenvalue weighted by atomic mass is 127. The van der Waals surface area contributed by atoms with Crippen LogP contribution < -0.4 is 11.5 Å². The van der Waals surface area contributed by atoms with Gasteiger partial charge in [-0.3, -0.25) is 4.79 Å². The number of pyridine rings is 1. The fraction of sp³-hybridized carbons (Fsp3) is 0. The Hall–Kier alpha value is -0.410. The Morgan fingerprint density at radius 3 is 2.87 bits per heavy atom. The van der Waals surface area contributed by atoms with Crippen LogP contribution >= 0.6 is 49.9 Å². The molecule has 2 heterocycles. The van der Waals surface area contributed by atoms with Crippen LogP contribution in [0.4, 0.5) is 5.82 Å². The van der Waals surface area contributed by atoms with Crippen molar-refractivity contribution in [3.63, 3.8) is 0 Å². The number of hydrogen-bond acceptors (Lipinski definition) is 4. The fourth-order valence-corrected chi connectivity index (χ4v) is 3.88. The maximum Gasteiger partial charge on any atom is 0.251 e. The number of fused-ring (bicyclic) bond motifs is 1. The highest BCUT2D eigenvalue weighted by Gasteiger charge is 2.17. The standard InChI is InChI=1S/C8H5BrIN3OS/c9-4-3-5(15-6(4)10)2(8(12)14)1-13-7(3)11/h1H,(H2,11,13)(H2,12,14). The summed E-state index contributed by atoms with van der Waals surface area (Å²) in [5, 5.41) is 0.765. The number of amides is 1. The maximum atomic E-state index is 11.2. The van der Waals surface area contributed by atoms with Crippen LogP contribution in [0.3, 0.4) is 0 Å². The monoisotopic (exact) mass is 397 g/mol. The average molecular weight is 398 g/mol. The van der Waals surface area contributed by atoms with Crippen LogP contribution in [0.25, 0.3) is 10.1 Å². The first-order chi connectivity index (χ1) is 7.02. The van der Waals surface area contributed by atoms with Crippen LogP contribution in [0.2, 0.25) is 0 Å². The van der Waals surface area contributed by atoms with Gasteiger partial charge < -0.3 is 11.5 Å². The molecule has 0 aromatic carbocycles. The molecule has 0 radical (unpaired) electrons. The van der Waals surface area contributed by atoms with Gasteiger partial charge in [0, 0.05) is 6.20 Å². The number of aromatic nitrogens is 1. The van der Waals surface area contributed by atoms with Crippen LogP contribution in [-0.2, 0) is 0 Å². The largest absolute Gasteiger partial charge is 0.383 e. The van der Waals surface area contributed by atoms with E-state index in [2.05, 4.69) is 43.5 Å². The minimum atomic E-state index is -0.488. The Labute approximate surface area is 111 Å². The first-order valence-corrected chi connectivity index (χ1v) is 6.53. The Morgan fingerprint density at radius 1 is 1.60 bits per heavy atom. The molecule has 1 amide bonds. The highest BCUT2D eigenvalue weighted by molar-refractivity contribution is 14.1. The molecule has 0 aliphatic rings. The molecule has 0 aliphatic carbocycles. The van der Waals surface area contributed by atoms with E-state index in [-0.39, 0.29) is 0 Å². The van der Waals surface area contributed by atoms with E-state index in [4.69, 9.17) is 11.5 Å². The number of primary amides is 1. The van der Waals surface area contributed by atoms with E-state index >= 15 is 0 Å². The number of halogens is 2. The lowest BCUT2D eigenvalue weighted by Gasteiger charge is -2.00. The zero-order valence-electron chi connectivity index (χ0n) is 7.25. The molecule has 0 bridgehead atoms. The summed E-state index contributed by atoms with van der Waals surface area (Å²) in [6, 6.07) is 0. The van der Waals surface area contributed by atoms with Crippen molar-refractivity contribution in [1.82, 2.24) is 4.98 Å². The van der Waals surface area contributed by atoms with Crippen molar-refractivity contribution in [2.75, 3.05) is 5.73 Å². The van der Waals surface area contributed by atoms with Gasteiger partial charge in [0.15, 0.2) is 0 Å². The number of carbonyl (C=O) groups excluding carboxylic acids is 1. The number of thiophene rings is 1. The van der Waals surface area contributed by atoms with Crippen molar-refractivity contribution < 1.29 is 4.79 Å². The first-order valence-electron chi connectivity index (χ1n) is 3.84. The quantitative estimate of drug-likeness (QED) is 0.724. The van der Waals surface area contributed by atoms with E-state index in [1.807, 2.05) is 0 Å². The van der Waals surface area contributed by atoms with Crippen molar-refractivity contribution in [2.24, 2.45) is 5.73 Å². The van der Waals surface area contributed by atoms with E-state index < -0.39 is 5.91 Å². The van der Waals surface area contributed by atoms with E-state index in [1.165, 1.54) is 17.5 Å². The summed E-state index contributed by atoms with van der Waals surface area (Å²) in [6.07, 6.45) is 1.42. The lowest BCUT2D eigenvalue weighted by molar-refractivity contribution is 0.100. The van der Waals surface area contributed by atoms with Crippen molar-refractivity contribution in [3.05, 3.63) is 19.1 Å². The molecule has 78 valence electrons. The summed E-state index contributed by atoms with van der Waals surface area (Å²) in [5.41, 5.74) is 11.4. The number of nitrogens with zero attached hydrogens (tertiary/aromatic N) is 1. The minimum Gasteiger partial charge on any atom is -0.383 e. The van der Waals surface area contributed by atoms with E-state index in [1.54, 1.807) is 0 Å². The average Bonchev–Trinajstić information content (AvgIpc) is 2.44. The number of nitrogen functional groups attached to an aromatic ring is 1. The van der Waals surface area contributed by atoms with Gasteiger partial charge in [-0.2, -0.15) is 0 Å². The molecule has 0 saturated carbocycles. The van der Waals surface area contributed by atoms with Crippen LogP contribution in [0.1, 0.15) is 10.4 Å². The van der Waals surface area contributed by atoms with Crippen molar-refractivity contribution in [1.29, 1.82) is 0 Å². The lowest BCUT2D eigenvalue weighted by Crippen LogP contribution is -2.11. The van der Waals surface area contributed by atoms with E-state index in [9.17, 15) is 4.79 Å². The molecule has 0 unspecified atom stereocenters. The van der Waals surface area contributed by atoms with Gasteiger partial charge in [0.05, 0.1) is 23.0 Å². The van der Waals surface area contributed by atoms with E-state index in [0.29, 0.717) is 11.4 Å². The molecule has 0 aliphatic heterocycles. The van der Waals surface area contributed by atoms with Crippen molar-refractivity contribution in [2.45, 2.75) is 0 Å². The number of rotatable bonds is 1. The highest BCUT2D eigenvalue weighted by Crippen LogP contribution is 2.40. The fourth-order valence-electron chi connectivity index (χ4n) is 1.23. The number of carbonyl (C=O) groups is 1. The van der Waals surface area contributed by atoms with Gasteiger partial charge in [-0.15, -0.1) is 11.3 Å². The zero-order valence-corrected chi connectivity index (χ0v) is 11.8. The summed E-state index contributed by atoms with van der Waals surface area (Å²) in [7, 11) is 0. The summed E-state index contributed by atoms with van der Waals surface area (Å²) < 4.78 is 2.67. The van der Waals surface area contributed by atoms with Crippen LogP contribution in [0, 0.1) is 2.88 Å². The second-order valence-electron chi connectivity index (χ2n) is 2.82. The second-order valence-corrected chi connectivity index (χ2v) is 6.44. The van der Waals surface area contributed by atoms with Gasteiger partial charge in [-0.25, -0.2) is 4.98 Å². The van der Waals surface area contributed by atoms with Gasteiger partial charge in [-0.05, 0) is 38.5 Å². The summed E-state index contributed by atoms with van der Waals surface area (Å²) >= 11 is 7.05. The number of hydrogen-bond donors (Lipinski definition) is 2. The predicted octanol–water partition coefficient (Wildman–Crippen LogP) is 2.34. The number of nitrogens with two attached hydrogens (primary N) is 2. The van der Waals surface area contributed by atoms with Gasteiger partial charge in [0.25, 0.3) is 5.91 Å². The molecular formula is C8H5BrIN3OS. The Kier molecular flexibility index (Phi) is 2.86. The van der Waals surface area contributed by atoms with Gasteiger partial charge in [0.1, 0.15) is 5.82 Å². The molecule has 0 saturated heterocycles. The van der Waals surface area contributed by atoms with Gasteiger partial charge in [-0.1, -0.05) is 0 Å². The topological polar surface area (TPSA) is 82.0 Å². The molecular weight excluding hydrogens is 393 g/mol. The Balaban J connectivity index is 2.95. The lowest BCUT2D eigenvalue weighted by atomic mass is 10.2. The normalized spacial score (nSPS) is 10.8. The molecule has 0 spiro atoms. The molecule has 7 heteroatoms. The third kappa shape index (κ3) is 1.72. The molecule has 2 aromatic heterocycles. The maximum absolute atomic E-state index is 11.2. The summed E-state index contributed by atoms with van der Waals surface area (Å²) in [6.45, 7) is 0. The summed E-state index contributed by atoms with van der Waals surface area (Å²) in [5.74, 6) is -0.0845. The second kappa shape index (κ2) is 3.87. The van der Waals surface area contributed by atoms with Crippen molar-refractivity contribution >= 4 is 71.7 Å². The van der Waals surface area contributed by atoms with E-state index in [0.717, 1.165) is 17.4 Å². The Morgan fingerprint density at radius 2 is 2.27 bits per heavy atom. The third-order valence-corrected chi connectivity index (χ3v) is 5.92. The molecule has 2 aromatic rings. The van der Waals surface area contributed by atoms with Crippen LogP contribution in [0.15, 0.2) is 10.7 Å². The van der Waals surface area contributed by atoms with Gasteiger partial charge >= 0.3 is 0 Å². The molecule has 0 fully saturated rings. The third-order valence-electron chi connectivity index (χ3n) is 1.91. The molecule has 4 nitrogen and oxygen atoms in total. The SMILES string of the molecule is NC(=O)c1cnc(N)c2c(Br)c(I)sc12. The Bertz CT molecular complexity index is 569. The smallest absolute Gasteiger partial charge is 0.251 e. The number of anilines is 1. The van der Waals surface area contributed by atoms with Crippen LogP contribution in [0.5, 0.6) is 0 Å². The molecule has 2 rings (SSSR count). The molecule has 4 N–H and O–H groups in total. The summed E-state index contributed by atoms with van der Waals surface area (Å²) in [4.78, 5) is 15.1. The predicted molar refractivity (Wildman–Crippen MR) is 73.0 cm³/mol. The molecule has 0 atom stereocenters. The van der Waals surface area contributed by atoms with Gasteiger partial charge in [0.2, 0.25) is 0 Å². The molecule has 15 heavy (non-hydrogen) atoms. The van der Waals surface area contributed by atoms with Crippen LogP contribution in [-0.4, -0.2) is 10.9 Å². The first kappa shape index (κ1) is 11.1. The minimum absolute atomic E-state index is 0.404. The van der Waals surface area contributed by atoms with Crippen molar-refractivity contribution in [3.8, 4) is 0 Å².